The van der Waals surface area contributed by atoms with Crippen molar-refractivity contribution < 1.29 is 4.42 Å². The lowest BCUT2D eigenvalue weighted by Gasteiger charge is -2.18. The predicted molar refractivity (Wildman–Crippen MR) is 106 cm³/mol. The molecule has 1 nitrogen and oxygen atoms in total. The molecule has 0 unspecified atom stereocenters. The van der Waals surface area contributed by atoms with Crippen LogP contribution in [0.5, 0.6) is 0 Å². The first-order valence-electron chi connectivity index (χ1n) is 8.71. The average Bonchev–Trinajstić information content (AvgIpc) is 3.10. The van der Waals surface area contributed by atoms with E-state index < -0.39 is 0 Å². The van der Waals surface area contributed by atoms with E-state index in [1.165, 1.54) is 16.3 Å². The van der Waals surface area contributed by atoms with E-state index in [0.29, 0.717) is 0 Å². The van der Waals surface area contributed by atoms with Gasteiger partial charge < -0.3 is 4.42 Å². The fraction of sp³-hybridized carbons (Fsp3) is 0.167. The molecule has 0 aliphatic carbocycles. The van der Waals surface area contributed by atoms with Crippen LogP contribution in [0.3, 0.4) is 0 Å². The fourth-order valence-corrected chi connectivity index (χ4v) is 3.21. The lowest BCUT2D eigenvalue weighted by molar-refractivity contribution is 0.588. The maximum atomic E-state index is 6.19. The Labute approximate surface area is 148 Å². The molecule has 0 saturated carbocycles. The van der Waals surface area contributed by atoms with Gasteiger partial charge in [0.1, 0.15) is 11.5 Å². The molecular weight excluding hydrogens is 304 g/mol. The molecule has 1 heterocycles. The predicted octanol–water partition coefficient (Wildman–Crippen LogP) is 7.06. The number of benzene rings is 3. The lowest BCUT2D eigenvalue weighted by atomic mass is 9.86. The third-order valence-electron chi connectivity index (χ3n) is 4.70. The van der Waals surface area contributed by atoms with Crippen LogP contribution in [-0.4, -0.2) is 0 Å². The zero-order valence-electron chi connectivity index (χ0n) is 14.9. The number of furan rings is 1. The summed E-state index contributed by atoms with van der Waals surface area (Å²) in [5.74, 6) is 1.81. The van der Waals surface area contributed by atoms with Crippen molar-refractivity contribution in [2.75, 3.05) is 0 Å². The van der Waals surface area contributed by atoms with Crippen LogP contribution in [0.15, 0.2) is 83.3 Å². The van der Waals surface area contributed by atoms with Crippen LogP contribution in [0.4, 0.5) is 0 Å². The van der Waals surface area contributed by atoms with E-state index in [-0.39, 0.29) is 5.41 Å². The Hall–Kier alpha value is -2.80. The van der Waals surface area contributed by atoms with Gasteiger partial charge >= 0.3 is 0 Å². The highest BCUT2D eigenvalue weighted by molar-refractivity contribution is 5.95. The minimum atomic E-state index is 0.163. The summed E-state index contributed by atoms with van der Waals surface area (Å²) >= 11 is 0. The number of hydrogen-bond donors (Lipinski definition) is 0. The van der Waals surface area contributed by atoms with Crippen molar-refractivity contribution in [3.8, 4) is 22.6 Å². The van der Waals surface area contributed by atoms with Crippen LogP contribution in [0.25, 0.3) is 33.4 Å². The highest BCUT2D eigenvalue weighted by Gasteiger charge is 2.14. The molecule has 1 heteroatoms. The first kappa shape index (κ1) is 15.7. The van der Waals surface area contributed by atoms with Crippen LogP contribution in [0, 0.1) is 0 Å². The third kappa shape index (κ3) is 2.98. The molecule has 0 fully saturated rings. The average molecular weight is 326 g/mol. The Kier molecular flexibility index (Phi) is 3.73. The van der Waals surface area contributed by atoms with Crippen LogP contribution >= 0.6 is 0 Å². The summed E-state index contributed by atoms with van der Waals surface area (Å²) in [7, 11) is 0. The molecule has 0 amide bonds. The first-order valence-corrected chi connectivity index (χ1v) is 8.71. The standard InChI is InChI=1S/C24H22O/c1-24(2,3)19-13-11-18(12-14-19)22-15-16-23(25-22)21-10-6-8-17-7-4-5-9-20(17)21/h4-16H,1-3H3. The van der Waals surface area contributed by atoms with Crippen molar-refractivity contribution >= 4 is 10.8 Å². The highest BCUT2D eigenvalue weighted by atomic mass is 16.3. The van der Waals surface area contributed by atoms with Gasteiger partial charge in [-0.15, -0.1) is 0 Å². The Balaban J connectivity index is 1.73. The maximum Gasteiger partial charge on any atom is 0.135 e. The summed E-state index contributed by atoms with van der Waals surface area (Å²) in [4.78, 5) is 0. The first-order chi connectivity index (χ1) is 12.0. The minimum absolute atomic E-state index is 0.163. The summed E-state index contributed by atoms with van der Waals surface area (Å²) in [6, 6.07) is 27.5. The summed E-state index contributed by atoms with van der Waals surface area (Å²) < 4.78 is 6.19. The lowest BCUT2D eigenvalue weighted by Crippen LogP contribution is -2.10. The van der Waals surface area contributed by atoms with Gasteiger partial charge in [-0.3, -0.25) is 0 Å². The topological polar surface area (TPSA) is 13.1 Å². The maximum absolute atomic E-state index is 6.19. The summed E-state index contributed by atoms with van der Waals surface area (Å²) in [5, 5.41) is 2.45. The van der Waals surface area contributed by atoms with Gasteiger partial charge in [0.2, 0.25) is 0 Å². The summed E-state index contributed by atoms with van der Waals surface area (Å²) in [6.07, 6.45) is 0. The molecule has 0 radical (unpaired) electrons. The largest absolute Gasteiger partial charge is 0.456 e. The number of hydrogen-bond acceptors (Lipinski definition) is 1. The van der Waals surface area contributed by atoms with E-state index in [9.17, 15) is 0 Å². The van der Waals surface area contributed by atoms with Gasteiger partial charge in [0.15, 0.2) is 0 Å². The monoisotopic (exact) mass is 326 g/mol. The van der Waals surface area contributed by atoms with E-state index >= 15 is 0 Å². The molecule has 0 bridgehead atoms. The van der Waals surface area contributed by atoms with Gasteiger partial charge in [-0.2, -0.15) is 0 Å². The summed E-state index contributed by atoms with van der Waals surface area (Å²) in [6.45, 7) is 6.69. The normalized spacial score (nSPS) is 11.8. The van der Waals surface area contributed by atoms with E-state index in [0.717, 1.165) is 22.6 Å². The molecule has 0 aliphatic heterocycles. The molecular formula is C24H22O. The van der Waals surface area contributed by atoms with Gasteiger partial charge in [0.25, 0.3) is 0 Å². The fourth-order valence-electron chi connectivity index (χ4n) is 3.21. The van der Waals surface area contributed by atoms with Crippen molar-refractivity contribution in [1.29, 1.82) is 0 Å². The highest BCUT2D eigenvalue weighted by Crippen LogP contribution is 2.33. The quantitative estimate of drug-likeness (QED) is 0.384. The van der Waals surface area contributed by atoms with E-state index in [2.05, 4.69) is 99.6 Å². The van der Waals surface area contributed by atoms with Crippen molar-refractivity contribution in [1.82, 2.24) is 0 Å². The van der Waals surface area contributed by atoms with Gasteiger partial charge in [-0.05, 0) is 33.9 Å². The zero-order chi connectivity index (χ0) is 17.4. The smallest absolute Gasteiger partial charge is 0.135 e. The number of fused-ring (bicyclic) bond motifs is 1. The Morgan fingerprint density at radius 2 is 1.32 bits per heavy atom. The van der Waals surface area contributed by atoms with Crippen molar-refractivity contribution in [3.05, 3.63) is 84.4 Å². The Morgan fingerprint density at radius 1 is 0.640 bits per heavy atom. The molecule has 0 saturated heterocycles. The van der Waals surface area contributed by atoms with Gasteiger partial charge in [-0.25, -0.2) is 0 Å². The molecule has 4 aromatic rings. The van der Waals surface area contributed by atoms with E-state index in [4.69, 9.17) is 4.42 Å². The number of rotatable bonds is 2. The van der Waals surface area contributed by atoms with Crippen LogP contribution in [0.2, 0.25) is 0 Å². The third-order valence-corrected chi connectivity index (χ3v) is 4.70. The molecule has 1 aromatic heterocycles. The van der Waals surface area contributed by atoms with Gasteiger partial charge in [0.05, 0.1) is 0 Å². The van der Waals surface area contributed by atoms with Crippen molar-refractivity contribution in [2.45, 2.75) is 26.2 Å². The van der Waals surface area contributed by atoms with Crippen molar-refractivity contribution in [2.24, 2.45) is 0 Å². The molecule has 25 heavy (non-hydrogen) atoms. The molecule has 4 rings (SSSR count). The van der Waals surface area contributed by atoms with E-state index in [1.807, 2.05) is 0 Å². The molecule has 0 aliphatic rings. The SMILES string of the molecule is CC(C)(C)c1ccc(-c2ccc(-c3cccc4ccccc34)o2)cc1. The van der Waals surface area contributed by atoms with Crippen LogP contribution in [0.1, 0.15) is 26.3 Å². The molecule has 0 spiro atoms. The molecule has 3 aromatic carbocycles. The second kappa shape index (κ2) is 5.93. The summed E-state index contributed by atoms with van der Waals surface area (Å²) in [5.41, 5.74) is 3.74. The van der Waals surface area contributed by atoms with Crippen LogP contribution in [-0.2, 0) is 5.41 Å². The second-order valence-corrected chi connectivity index (χ2v) is 7.52. The molecule has 0 atom stereocenters. The van der Waals surface area contributed by atoms with Crippen LogP contribution < -0.4 is 0 Å². The Morgan fingerprint density at radius 3 is 2.08 bits per heavy atom. The molecule has 0 N–H and O–H groups in total. The molecule has 124 valence electrons. The van der Waals surface area contributed by atoms with Gasteiger partial charge in [-0.1, -0.05) is 87.5 Å². The Bertz CT molecular complexity index is 1010. The van der Waals surface area contributed by atoms with E-state index in [1.54, 1.807) is 0 Å². The van der Waals surface area contributed by atoms with Crippen molar-refractivity contribution in [3.63, 3.8) is 0 Å². The zero-order valence-corrected chi connectivity index (χ0v) is 14.9. The second-order valence-electron chi connectivity index (χ2n) is 7.52. The van der Waals surface area contributed by atoms with Gasteiger partial charge in [0, 0.05) is 11.1 Å². The minimum Gasteiger partial charge on any atom is -0.456 e.